The quantitative estimate of drug-likeness (QED) is 0.941. The summed E-state index contributed by atoms with van der Waals surface area (Å²) in [7, 11) is 0. The molecular weight excluding hydrogens is 269 g/mol. The maximum Gasteiger partial charge on any atom is 0.140 e. The van der Waals surface area contributed by atoms with Gasteiger partial charge in [-0.1, -0.05) is 6.07 Å². The molecule has 0 bridgehead atoms. The number of aryl methyl sites for hydroxylation is 1. The van der Waals surface area contributed by atoms with Crippen LogP contribution < -0.4 is 0 Å². The fraction of sp³-hybridized carbons (Fsp3) is 0.562. The Kier molecular flexibility index (Phi) is 3.95. The lowest BCUT2D eigenvalue weighted by atomic mass is 10.2. The maximum atomic E-state index is 14.0. The van der Waals surface area contributed by atoms with Gasteiger partial charge in [-0.15, -0.1) is 0 Å². The highest BCUT2D eigenvalue weighted by Gasteiger charge is 2.34. The minimum Gasteiger partial charge on any atom is -0.366 e. The average Bonchev–Trinajstić information content (AvgIpc) is 2.99. The molecule has 3 rings (SSSR count). The summed E-state index contributed by atoms with van der Waals surface area (Å²) in [6.07, 6.45) is -1.28. The second-order valence-corrected chi connectivity index (χ2v) is 6.12. The van der Waals surface area contributed by atoms with Crippen molar-refractivity contribution in [1.82, 2.24) is 14.9 Å². The lowest BCUT2D eigenvalue weighted by Crippen LogP contribution is -2.29. The summed E-state index contributed by atoms with van der Waals surface area (Å²) in [6, 6.07) is 6.42. The zero-order valence-corrected chi connectivity index (χ0v) is 12.8. The standard InChI is InChI=1S/C16H22FN3O/c1-10(2)20-7-12(17)15(8-20)21-9-16-18-13-5-4-11(3)6-14(13)19-16/h4-6,10,12,15H,7-9H2,1-3H3,(H,18,19). The number of nitrogens with zero attached hydrogens (tertiary/aromatic N) is 2. The van der Waals surface area contributed by atoms with Gasteiger partial charge < -0.3 is 9.72 Å². The molecule has 1 aromatic heterocycles. The number of fused-ring (bicyclic) bond motifs is 1. The van der Waals surface area contributed by atoms with Crippen molar-refractivity contribution in [2.45, 2.75) is 45.7 Å². The monoisotopic (exact) mass is 291 g/mol. The molecule has 2 unspecified atom stereocenters. The number of nitrogens with one attached hydrogen (secondary N) is 1. The first-order valence-electron chi connectivity index (χ1n) is 7.48. The second-order valence-electron chi connectivity index (χ2n) is 6.12. The van der Waals surface area contributed by atoms with Crippen LogP contribution in [0.5, 0.6) is 0 Å². The van der Waals surface area contributed by atoms with Crippen LogP contribution in [0.25, 0.3) is 11.0 Å². The van der Waals surface area contributed by atoms with Crippen LogP contribution in [0.2, 0.25) is 0 Å². The van der Waals surface area contributed by atoms with E-state index in [-0.39, 0.29) is 6.10 Å². The Hall–Kier alpha value is -1.46. The Morgan fingerprint density at radius 1 is 1.43 bits per heavy atom. The number of rotatable bonds is 4. The maximum absolute atomic E-state index is 14.0. The zero-order valence-electron chi connectivity index (χ0n) is 12.8. The molecule has 1 saturated heterocycles. The molecule has 2 aromatic rings. The first-order valence-corrected chi connectivity index (χ1v) is 7.48. The molecule has 2 heterocycles. The van der Waals surface area contributed by atoms with Gasteiger partial charge >= 0.3 is 0 Å². The Balaban J connectivity index is 1.64. The van der Waals surface area contributed by atoms with E-state index >= 15 is 0 Å². The van der Waals surface area contributed by atoms with E-state index in [1.807, 2.05) is 19.1 Å². The molecule has 1 fully saturated rings. The average molecular weight is 291 g/mol. The molecule has 0 spiro atoms. The molecule has 114 valence electrons. The predicted octanol–water partition coefficient (Wildman–Crippen LogP) is 2.82. The Morgan fingerprint density at radius 2 is 2.24 bits per heavy atom. The van der Waals surface area contributed by atoms with Crippen LogP contribution in [-0.4, -0.2) is 46.3 Å². The third-order valence-electron chi connectivity index (χ3n) is 4.08. The molecule has 1 aliphatic heterocycles. The molecule has 2 atom stereocenters. The largest absolute Gasteiger partial charge is 0.366 e. The molecule has 0 saturated carbocycles. The van der Waals surface area contributed by atoms with Gasteiger partial charge in [0.1, 0.15) is 24.7 Å². The van der Waals surface area contributed by atoms with Crippen molar-refractivity contribution >= 4 is 11.0 Å². The molecule has 0 radical (unpaired) electrons. The Morgan fingerprint density at radius 3 is 2.95 bits per heavy atom. The van der Waals surface area contributed by atoms with Crippen molar-refractivity contribution < 1.29 is 9.13 Å². The molecular formula is C16H22FN3O. The smallest absolute Gasteiger partial charge is 0.140 e. The van der Waals surface area contributed by atoms with Crippen LogP contribution in [-0.2, 0) is 11.3 Å². The highest BCUT2D eigenvalue weighted by Crippen LogP contribution is 2.20. The summed E-state index contributed by atoms with van der Waals surface area (Å²) in [4.78, 5) is 9.82. The first-order chi connectivity index (χ1) is 10.0. The lowest BCUT2D eigenvalue weighted by Gasteiger charge is -2.19. The second kappa shape index (κ2) is 5.73. The highest BCUT2D eigenvalue weighted by molar-refractivity contribution is 5.75. The fourth-order valence-corrected chi connectivity index (χ4v) is 2.77. The van der Waals surface area contributed by atoms with Gasteiger partial charge in [-0.2, -0.15) is 0 Å². The van der Waals surface area contributed by atoms with E-state index in [2.05, 4.69) is 34.8 Å². The minimum absolute atomic E-state index is 0.324. The van der Waals surface area contributed by atoms with Crippen LogP contribution in [0, 0.1) is 6.92 Å². The summed E-state index contributed by atoms with van der Waals surface area (Å²) in [5.74, 6) is 0.755. The van der Waals surface area contributed by atoms with Crippen molar-refractivity contribution in [1.29, 1.82) is 0 Å². The molecule has 21 heavy (non-hydrogen) atoms. The molecule has 0 amide bonds. The van der Waals surface area contributed by atoms with E-state index in [4.69, 9.17) is 4.74 Å². The number of alkyl halides is 1. The number of hydrogen-bond acceptors (Lipinski definition) is 3. The summed E-state index contributed by atoms with van der Waals surface area (Å²) < 4.78 is 19.7. The number of hydrogen-bond donors (Lipinski definition) is 1. The van der Waals surface area contributed by atoms with E-state index in [1.54, 1.807) is 0 Å². The van der Waals surface area contributed by atoms with Crippen molar-refractivity contribution in [2.24, 2.45) is 0 Å². The number of likely N-dealkylation sites (tertiary alicyclic amines) is 1. The summed E-state index contributed by atoms with van der Waals surface area (Å²) in [5.41, 5.74) is 3.11. The molecule has 4 nitrogen and oxygen atoms in total. The van der Waals surface area contributed by atoms with Gasteiger partial charge in [-0.05, 0) is 38.5 Å². The van der Waals surface area contributed by atoms with Crippen LogP contribution in [0.3, 0.4) is 0 Å². The van der Waals surface area contributed by atoms with E-state index in [1.165, 1.54) is 5.56 Å². The fourth-order valence-electron chi connectivity index (χ4n) is 2.77. The number of aromatic amines is 1. The number of benzene rings is 1. The topological polar surface area (TPSA) is 41.1 Å². The SMILES string of the molecule is Cc1ccc2nc(COC3CN(C(C)C)CC3F)[nH]c2c1. The number of aromatic nitrogens is 2. The zero-order chi connectivity index (χ0) is 15.0. The Labute approximate surface area is 124 Å². The third-order valence-corrected chi connectivity index (χ3v) is 4.08. The van der Waals surface area contributed by atoms with Gasteiger partial charge in [0.2, 0.25) is 0 Å². The lowest BCUT2D eigenvalue weighted by molar-refractivity contribution is 0.00814. The van der Waals surface area contributed by atoms with Crippen molar-refractivity contribution in [3.63, 3.8) is 0 Å². The van der Waals surface area contributed by atoms with E-state index < -0.39 is 6.17 Å². The normalized spacial score (nSPS) is 23.5. The van der Waals surface area contributed by atoms with Crippen molar-refractivity contribution in [3.05, 3.63) is 29.6 Å². The molecule has 1 N–H and O–H groups in total. The van der Waals surface area contributed by atoms with Gasteiger partial charge in [-0.3, -0.25) is 4.90 Å². The number of ether oxygens (including phenoxy) is 1. The van der Waals surface area contributed by atoms with E-state index in [0.717, 1.165) is 16.9 Å². The van der Waals surface area contributed by atoms with E-state index in [0.29, 0.717) is 25.7 Å². The van der Waals surface area contributed by atoms with Gasteiger partial charge in [0.25, 0.3) is 0 Å². The molecule has 0 aliphatic carbocycles. The van der Waals surface area contributed by atoms with E-state index in [9.17, 15) is 4.39 Å². The predicted molar refractivity (Wildman–Crippen MR) is 81.0 cm³/mol. The summed E-state index contributed by atoms with van der Waals surface area (Å²) in [5, 5.41) is 0. The van der Waals surface area contributed by atoms with Gasteiger partial charge in [-0.25, -0.2) is 9.37 Å². The number of halogens is 1. The van der Waals surface area contributed by atoms with Crippen molar-refractivity contribution in [2.75, 3.05) is 13.1 Å². The number of H-pyrrole nitrogens is 1. The Bertz CT molecular complexity index is 625. The first kappa shape index (κ1) is 14.5. The highest BCUT2D eigenvalue weighted by atomic mass is 19.1. The van der Waals surface area contributed by atoms with Crippen LogP contribution in [0.4, 0.5) is 4.39 Å². The number of imidazole rings is 1. The summed E-state index contributed by atoms with van der Waals surface area (Å²) in [6.45, 7) is 7.64. The third kappa shape index (κ3) is 3.09. The van der Waals surface area contributed by atoms with Crippen LogP contribution in [0.15, 0.2) is 18.2 Å². The van der Waals surface area contributed by atoms with Gasteiger partial charge in [0.05, 0.1) is 11.0 Å². The van der Waals surface area contributed by atoms with Crippen LogP contribution >= 0.6 is 0 Å². The molecule has 5 heteroatoms. The van der Waals surface area contributed by atoms with Gasteiger partial charge in [0.15, 0.2) is 0 Å². The summed E-state index contributed by atoms with van der Waals surface area (Å²) >= 11 is 0. The van der Waals surface area contributed by atoms with Crippen LogP contribution in [0.1, 0.15) is 25.2 Å². The molecule has 1 aliphatic rings. The van der Waals surface area contributed by atoms with Gasteiger partial charge in [0, 0.05) is 19.1 Å². The molecule has 1 aromatic carbocycles. The van der Waals surface area contributed by atoms with Crippen molar-refractivity contribution in [3.8, 4) is 0 Å². The minimum atomic E-state index is -0.918.